The lowest BCUT2D eigenvalue weighted by atomic mass is 10.2. The molecular formula is C11H17ClN4O. The minimum Gasteiger partial charge on any atom is -0.409 e. The number of aromatic nitrogens is 1. The highest BCUT2D eigenvalue weighted by atomic mass is 35.5. The van der Waals surface area contributed by atoms with Gasteiger partial charge in [0.1, 0.15) is 0 Å². The van der Waals surface area contributed by atoms with Gasteiger partial charge in [0.2, 0.25) is 0 Å². The number of amidine groups is 1. The van der Waals surface area contributed by atoms with Gasteiger partial charge in [-0.1, -0.05) is 16.8 Å². The molecule has 0 bridgehead atoms. The Morgan fingerprint density at radius 3 is 2.88 bits per heavy atom. The summed E-state index contributed by atoms with van der Waals surface area (Å²) in [5.74, 6) is 0.184. The molecule has 1 aromatic rings. The predicted molar refractivity (Wildman–Crippen MR) is 68.2 cm³/mol. The van der Waals surface area contributed by atoms with E-state index in [1.165, 1.54) is 0 Å². The Labute approximate surface area is 106 Å². The molecule has 0 aliphatic rings. The molecule has 0 aliphatic heterocycles. The number of hydrogen-bond acceptors (Lipinski definition) is 4. The van der Waals surface area contributed by atoms with E-state index in [9.17, 15) is 0 Å². The highest BCUT2D eigenvalue weighted by Gasteiger charge is 2.13. The number of hydrogen-bond donors (Lipinski definition) is 2. The first-order valence-electron chi connectivity index (χ1n) is 5.33. The van der Waals surface area contributed by atoms with Gasteiger partial charge < -0.3 is 10.9 Å². The topological polar surface area (TPSA) is 74.7 Å². The van der Waals surface area contributed by atoms with Crippen LogP contribution in [0.2, 0.25) is 5.02 Å². The molecule has 1 heterocycles. The first-order chi connectivity index (χ1) is 8.04. The van der Waals surface area contributed by atoms with Crippen molar-refractivity contribution in [2.24, 2.45) is 10.9 Å². The van der Waals surface area contributed by atoms with Crippen LogP contribution in [-0.4, -0.2) is 33.5 Å². The van der Waals surface area contributed by atoms with Crippen molar-refractivity contribution in [3.05, 3.63) is 29.0 Å². The molecule has 0 aliphatic carbocycles. The lowest BCUT2D eigenvalue weighted by Crippen LogP contribution is -2.38. The van der Waals surface area contributed by atoms with Crippen molar-refractivity contribution in [3.8, 4) is 0 Å². The summed E-state index contributed by atoms with van der Waals surface area (Å²) in [4.78, 5) is 5.99. The molecule has 1 aromatic heterocycles. The van der Waals surface area contributed by atoms with Crippen LogP contribution in [0.4, 0.5) is 0 Å². The SMILES string of the molecule is CC(C)N(CC(N)=NO)Cc1ccncc1Cl. The molecule has 94 valence electrons. The second-order valence-corrected chi connectivity index (χ2v) is 4.46. The number of nitrogens with two attached hydrogens (primary N) is 1. The molecule has 3 N–H and O–H groups in total. The van der Waals surface area contributed by atoms with E-state index in [4.69, 9.17) is 22.5 Å². The van der Waals surface area contributed by atoms with Crippen LogP contribution in [-0.2, 0) is 6.54 Å². The zero-order chi connectivity index (χ0) is 12.8. The molecule has 0 saturated heterocycles. The van der Waals surface area contributed by atoms with E-state index in [0.29, 0.717) is 18.1 Å². The number of pyridine rings is 1. The fourth-order valence-corrected chi connectivity index (χ4v) is 1.59. The van der Waals surface area contributed by atoms with Gasteiger partial charge in [-0.2, -0.15) is 0 Å². The highest BCUT2D eigenvalue weighted by molar-refractivity contribution is 6.31. The lowest BCUT2D eigenvalue weighted by molar-refractivity contribution is 0.238. The summed E-state index contributed by atoms with van der Waals surface area (Å²) < 4.78 is 0. The van der Waals surface area contributed by atoms with E-state index in [0.717, 1.165) is 5.56 Å². The van der Waals surface area contributed by atoms with Gasteiger partial charge in [-0.3, -0.25) is 9.88 Å². The second kappa shape index (κ2) is 6.42. The fourth-order valence-electron chi connectivity index (χ4n) is 1.41. The molecule has 0 atom stereocenters. The maximum Gasteiger partial charge on any atom is 0.153 e. The highest BCUT2D eigenvalue weighted by Crippen LogP contribution is 2.16. The lowest BCUT2D eigenvalue weighted by Gasteiger charge is -2.26. The summed E-state index contributed by atoms with van der Waals surface area (Å²) in [7, 11) is 0. The molecular weight excluding hydrogens is 240 g/mol. The normalized spacial score (nSPS) is 12.4. The van der Waals surface area contributed by atoms with E-state index in [2.05, 4.69) is 15.0 Å². The van der Waals surface area contributed by atoms with Crippen LogP contribution < -0.4 is 5.73 Å². The third kappa shape index (κ3) is 4.20. The first-order valence-corrected chi connectivity index (χ1v) is 5.71. The van der Waals surface area contributed by atoms with Crippen molar-refractivity contribution in [1.29, 1.82) is 0 Å². The molecule has 17 heavy (non-hydrogen) atoms. The first kappa shape index (κ1) is 13.7. The van der Waals surface area contributed by atoms with Gasteiger partial charge >= 0.3 is 0 Å². The summed E-state index contributed by atoms with van der Waals surface area (Å²) in [5, 5.41) is 12.2. The van der Waals surface area contributed by atoms with Crippen LogP contribution in [0.1, 0.15) is 19.4 Å². The summed E-state index contributed by atoms with van der Waals surface area (Å²) in [6.07, 6.45) is 3.31. The van der Waals surface area contributed by atoms with Crippen molar-refractivity contribution in [2.75, 3.05) is 6.54 Å². The Morgan fingerprint density at radius 1 is 1.65 bits per heavy atom. The number of halogens is 1. The Bertz CT molecular complexity index is 395. The summed E-state index contributed by atoms with van der Waals surface area (Å²) in [6, 6.07) is 2.13. The standard InChI is InChI=1S/C11H17ClN4O/c1-8(2)16(7-11(13)15-17)6-9-3-4-14-5-10(9)12/h3-5,8,17H,6-7H2,1-2H3,(H2,13,15). The van der Waals surface area contributed by atoms with Crippen LogP contribution in [0.5, 0.6) is 0 Å². The largest absolute Gasteiger partial charge is 0.409 e. The molecule has 6 heteroatoms. The van der Waals surface area contributed by atoms with E-state index in [-0.39, 0.29) is 11.9 Å². The predicted octanol–water partition coefficient (Wildman–Crippen LogP) is 1.69. The molecule has 1 rings (SSSR count). The minimum atomic E-state index is 0.184. The number of nitrogens with zero attached hydrogens (tertiary/aromatic N) is 3. The summed E-state index contributed by atoms with van der Waals surface area (Å²) in [6.45, 7) is 5.11. The van der Waals surface area contributed by atoms with Crippen molar-refractivity contribution in [3.63, 3.8) is 0 Å². The van der Waals surface area contributed by atoms with E-state index < -0.39 is 0 Å². The van der Waals surface area contributed by atoms with Gasteiger partial charge in [0.15, 0.2) is 5.84 Å². The molecule has 0 radical (unpaired) electrons. The number of rotatable bonds is 5. The monoisotopic (exact) mass is 256 g/mol. The Hall–Kier alpha value is -1.33. The summed E-state index contributed by atoms with van der Waals surface area (Å²) >= 11 is 6.04. The van der Waals surface area contributed by atoms with Crippen molar-refractivity contribution in [1.82, 2.24) is 9.88 Å². The summed E-state index contributed by atoms with van der Waals surface area (Å²) in [5.41, 5.74) is 6.49. The maximum atomic E-state index is 8.59. The third-order valence-corrected chi connectivity index (χ3v) is 2.79. The van der Waals surface area contributed by atoms with Gasteiger partial charge in [-0.15, -0.1) is 0 Å². The number of oxime groups is 1. The van der Waals surface area contributed by atoms with Gasteiger partial charge in [0.05, 0.1) is 11.6 Å². The molecule has 0 unspecified atom stereocenters. The van der Waals surface area contributed by atoms with Crippen LogP contribution in [0.3, 0.4) is 0 Å². The Balaban J connectivity index is 2.77. The van der Waals surface area contributed by atoms with Crippen molar-refractivity contribution < 1.29 is 5.21 Å². The quantitative estimate of drug-likeness (QED) is 0.364. The molecule has 0 spiro atoms. The molecule has 0 saturated carbocycles. The second-order valence-electron chi connectivity index (χ2n) is 4.06. The molecule has 0 fully saturated rings. The van der Waals surface area contributed by atoms with Crippen molar-refractivity contribution >= 4 is 17.4 Å². The fraction of sp³-hybridized carbons (Fsp3) is 0.455. The van der Waals surface area contributed by atoms with Crippen LogP contribution in [0.25, 0.3) is 0 Å². The Kier molecular flexibility index (Phi) is 5.18. The van der Waals surface area contributed by atoms with Crippen molar-refractivity contribution in [2.45, 2.75) is 26.4 Å². The minimum absolute atomic E-state index is 0.184. The van der Waals surface area contributed by atoms with Crippen LogP contribution >= 0.6 is 11.6 Å². The van der Waals surface area contributed by atoms with Crippen LogP contribution in [0.15, 0.2) is 23.6 Å². The average molecular weight is 257 g/mol. The third-order valence-electron chi connectivity index (χ3n) is 2.45. The van der Waals surface area contributed by atoms with Gasteiger partial charge in [-0.05, 0) is 25.5 Å². The van der Waals surface area contributed by atoms with Gasteiger partial charge in [0.25, 0.3) is 0 Å². The van der Waals surface area contributed by atoms with E-state index in [1.54, 1.807) is 12.4 Å². The van der Waals surface area contributed by atoms with Crippen LogP contribution in [0, 0.1) is 0 Å². The van der Waals surface area contributed by atoms with Gasteiger partial charge in [0, 0.05) is 25.0 Å². The van der Waals surface area contributed by atoms with E-state index in [1.807, 2.05) is 19.9 Å². The maximum absolute atomic E-state index is 8.59. The molecule has 0 amide bonds. The van der Waals surface area contributed by atoms with E-state index >= 15 is 0 Å². The zero-order valence-electron chi connectivity index (χ0n) is 9.97. The van der Waals surface area contributed by atoms with Gasteiger partial charge in [-0.25, -0.2) is 0 Å². The molecule has 0 aromatic carbocycles. The Morgan fingerprint density at radius 2 is 2.35 bits per heavy atom. The molecule has 5 nitrogen and oxygen atoms in total. The zero-order valence-corrected chi connectivity index (χ0v) is 10.7. The average Bonchev–Trinajstić information content (AvgIpc) is 2.30. The smallest absolute Gasteiger partial charge is 0.153 e.